The van der Waals surface area contributed by atoms with Crippen molar-refractivity contribution in [1.82, 2.24) is 10.2 Å². The number of hydrogen-bond acceptors (Lipinski definition) is 3. The van der Waals surface area contributed by atoms with E-state index in [2.05, 4.69) is 11.9 Å². The third-order valence-corrected chi connectivity index (χ3v) is 6.39. The van der Waals surface area contributed by atoms with Gasteiger partial charge in [-0.1, -0.05) is 78.9 Å². The SMILES string of the molecule is C=C[C@@H]([C@H](Cc1ccccc1)NC(=O)c1ccccc1)N1C(=O)c2cc3ccccc3cc2C1=O. The van der Waals surface area contributed by atoms with E-state index in [0.29, 0.717) is 23.1 Å². The molecule has 1 N–H and O–H groups in total. The average molecular weight is 461 g/mol. The summed E-state index contributed by atoms with van der Waals surface area (Å²) in [6.07, 6.45) is 1.99. The standard InChI is InChI=1S/C30H24N2O3/c1-2-27(32-29(34)24-18-22-15-9-10-16-23(22)19-25(24)30(32)35)26(17-20-11-5-3-6-12-20)31-28(33)21-13-7-4-8-14-21/h2-16,18-19,26-27H,1,17H2,(H,31,33)/t26-,27-/m0/s1. The summed E-state index contributed by atoms with van der Waals surface area (Å²) >= 11 is 0. The molecular formula is C30H24N2O3. The largest absolute Gasteiger partial charge is 0.347 e. The van der Waals surface area contributed by atoms with Gasteiger partial charge < -0.3 is 5.32 Å². The number of nitrogens with zero attached hydrogens (tertiary/aromatic N) is 1. The zero-order valence-corrected chi connectivity index (χ0v) is 19.1. The van der Waals surface area contributed by atoms with Crippen LogP contribution in [0.3, 0.4) is 0 Å². The summed E-state index contributed by atoms with van der Waals surface area (Å²) in [5.41, 5.74) is 2.21. The van der Waals surface area contributed by atoms with Gasteiger partial charge in [-0.3, -0.25) is 19.3 Å². The van der Waals surface area contributed by atoms with E-state index in [-0.39, 0.29) is 17.7 Å². The molecule has 0 spiro atoms. The van der Waals surface area contributed by atoms with Crippen molar-refractivity contribution in [2.45, 2.75) is 18.5 Å². The van der Waals surface area contributed by atoms with Gasteiger partial charge in [-0.2, -0.15) is 0 Å². The molecule has 1 aliphatic rings. The van der Waals surface area contributed by atoms with Crippen LogP contribution in [0, 0.1) is 0 Å². The quantitative estimate of drug-likeness (QED) is 0.311. The number of amides is 3. The molecule has 3 amide bonds. The Bertz CT molecular complexity index is 1380. The van der Waals surface area contributed by atoms with Crippen molar-refractivity contribution >= 4 is 28.5 Å². The van der Waals surface area contributed by atoms with E-state index in [9.17, 15) is 14.4 Å². The monoisotopic (exact) mass is 460 g/mol. The Kier molecular flexibility index (Phi) is 5.98. The minimum Gasteiger partial charge on any atom is -0.347 e. The van der Waals surface area contributed by atoms with Crippen LogP contribution in [0.4, 0.5) is 0 Å². The molecule has 5 rings (SSSR count). The van der Waals surface area contributed by atoms with Crippen LogP contribution in [0.2, 0.25) is 0 Å². The predicted molar refractivity (Wildman–Crippen MR) is 136 cm³/mol. The van der Waals surface area contributed by atoms with Gasteiger partial charge in [-0.15, -0.1) is 6.58 Å². The normalized spacial score (nSPS) is 14.5. The molecule has 0 unspecified atom stereocenters. The van der Waals surface area contributed by atoms with Crippen molar-refractivity contribution in [3.63, 3.8) is 0 Å². The van der Waals surface area contributed by atoms with Crippen LogP contribution < -0.4 is 5.32 Å². The number of rotatable bonds is 7. The Labute approximate surface area is 203 Å². The average Bonchev–Trinajstić information content (AvgIpc) is 3.13. The third-order valence-electron chi connectivity index (χ3n) is 6.39. The number of benzene rings is 4. The molecule has 1 aliphatic heterocycles. The van der Waals surface area contributed by atoms with Crippen molar-refractivity contribution < 1.29 is 14.4 Å². The highest BCUT2D eigenvalue weighted by molar-refractivity contribution is 6.23. The molecule has 4 aromatic carbocycles. The molecule has 5 nitrogen and oxygen atoms in total. The molecule has 2 atom stereocenters. The highest BCUT2D eigenvalue weighted by Crippen LogP contribution is 2.30. The van der Waals surface area contributed by atoms with Crippen LogP contribution in [-0.4, -0.2) is 34.7 Å². The summed E-state index contributed by atoms with van der Waals surface area (Å²) in [4.78, 5) is 41.3. The molecule has 0 aliphatic carbocycles. The molecule has 5 heteroatoms. The molecule has 0 saturated carbocycles. The fraction of sp³-hybridized carbons (Fsp3) is 0.100. The van der Waals surface area contributed by atoms with E-state index >= 15 is 0 Å². The van der Waals surface area contributed by atoms with E-state index in [0.717, 1.165) is 16.3 Å². The zero-order valence-electron chi connectivity index (χ0n) is 19.1. The van der Waals surface area contributed by atoms with Crippen molar-refractivity contribution in [1.29, 1.82) is 0 Å². The van der Waals surface area contributed by atoms with E-state index in [1.54, 1.807) is 42.5 Å². The number of imide groups is 1. The zero-order chi connectivity index (χ0) is 24.4. The van der Waals surface area contributed by atoms with Crippen LogP contribution in [0.1, 0.15) is 36.6 Å². The number of carbonyl (C=O) groups is 3. The van der Waals surface area contributed by atoms with Crippen molar-refractivity contribution in [2.75, 3.05) is 0 Å². The van der Waals surface area contributed by atoms with Crippen LogP contribution in [0.25, 0.3) is 10.8 Å². The number of hydrogen-bond donors (Lipinski definition) is 1. The molecule has 0 radical (unpaired) electrons. The molecule has 4 aromatic rings. The molecule has 1 heterocycles. The van der Waals surface area contributed by atoms with Gasteiger partial charge in [0.2, 0.25) is 0 Å². The predicted octanol–water partition coefficient (Wildman–Crippen LogP) is 5.03. The Morgan fingerprint density at radius 1 is 0.800 bits per heavy atom. The Morgan fingerprint density at radius 3 is 1.86 bits per heavy atom. The van der Waals surface area contributed by atoms with Gasteiger partial charge in [0.05, 0.1) is 23.2 Å². The van der Waals surface area contributed by atoms with Crippen molar-refractivity contribution in [2.24, 2.45) is 0 Å². The first-order chi connectivity index (χ1) is 17.1. The van der Waals surface area contributed by atoms with Gasteiger partial charge in [0.1, 0.15) is 0 Å². The van der Waals surface area contributed by atoms with Gasteiger partial charge in [0, 0.05) is 5.56 Å². The second kappa shape index (κ2) is 9.39. The Balaban J connectivity index is 1.51. The highest BCUT2D eigenvalue weighted by Gasteiger charge is 2.42. The fourth-order valence-corrected chi connectivity index (χ4v) is 4.63. The maximum absolute atomic E-state index is 13.5. The number of nitrogens with one attached hydrogen (secondary N) is 1. The van der Waals surface area contributed by atoms with Gasteiger partial charge in [-0.05, 0) is 47.0 Å². The van der Waals surface area contributed by atoms with Gasteiger partial charge in [0.25, 0.3) is 17.7 Å². The van der Waals surface area contributed by atoms with Gasteiger partial charge in [0.15, 0.2) is 0 Å². The minimum atomic E-state index is -0.738. The first-order valence-corrected chi connectivity index (χ1v) is 11.5. The fourth-order valence-electron chi connectivity index (χ4n) is 4.63. The van der Waals surface area contributed by atoms with E-state index < -0.39 is 12.1 Å². The lowest BCUT2D eigenvalue weighted by Gasteiger charge is -2.32. The summed E-state index contributed by atoms with van der Waals surface area (Å²) in [5.74, 6) is -1.04. The molecule has 0 bridgehead atoms. The molecule has 35 heavy (non-hydrogen) atoms. The lowest BCUT2D eigenvalue weighted by atomic mass is 9.97. The molecule has 0 fully saturated rings. The van der Waals surface area contributed by atoms with E-state index in [1.807, 2.05) is 60.7 Å². The minimum absolute atomic E-state index is 0.277. The molecule has 0 aromatic heterocycles. The summed E-state index contributed by atoms with van der Waals surface area (Å²) in [6.45, 7) is 3.94. The summed E-state index contributed by atoms with van der Waals surface area (Å²) < 4.78 is 0. The summed E-state index contributed by atoms with van der Waals surface area (Å²) in [6, 6.07) is 28.4. The maximum atomic E-state index is 13.5. The molecule has 0 saturated heterocycles. The smallest absolute Gasteiger partial charge is 0.262 e. The van der Waals surface area contributed by atoms with Crippen molar-refractivity contribution in [3.8, 4) is 0 Å². The lowest BCUT2D eigenvalue weighted by Crippen LogP contribution is -2.53. The second-order valence-electron chi connectivity index (χ2n) is 8.59. The summed E-state index contributed by atoms with van der Waals surface area (Å²) in [7, 11) is 0. The van der Waals surface area contributed by atoms with Gasteiger partial charge in [-0.25, -0.2) is 0 Å². The first kappa shape index (κ1) is 22.3. The second-order valence-corrected chi connectivity index (χ2v) is 8.59. The van der Waals surface area contributed by atoms with E-state index in [1.165, 1.54) is 4.90 Å². The van der Waals surface area contributed by atoms with Crippen LogP contribution in [0.5, 0.6) is 0 Å². The van der Waals surface area contributed by atoms with Crippen LogP contribution >= 0.6 is 0 Å². The highest BCUT2D eigenvalue weighted by atomic mass is 16.2. The molecular weight excluding hydrogens is 436 g/mol. The number of carbonyl (C=O) groups excluding carboxylic acids is 3. The Morgan fingerprint density at radius 2 is 1.31 bits per heavy atom. The Hall–Kier alpha value is -4.51. The maximum Gasteiger partial charge on any atom is 0.262 e. The topological polar surface area (TPSA) is 66.5 Å². The van der Waals surface area contributed by atoms with Crippen LogP contribution in [-0.2, 0) is 6.42 Å². The van der Waals surface area contributed by atoms with Crippen molar-refractivity contribution in [3.05, 3.63) is 132 Å². The summed E-state index contributed by atoms with van der Waals surface area (Å²) in [5, 5.41) is 4.84. The van der Waals surface area contributed by atoms with Gasteiger partial charge >= 0.3 is 0 Å². The first-order valence-electron chi connectivity index (χ1n) is 11.5. The third kappa shape index (κ3) is 4.24. The van der Waals surface area contributed by atoms with Crippen LogP contribution in [0.15, 0.2) is 110 Å². The molecule has 172 valence electrons. The number of fused-ring (bicyclic) bond motifs is 2. The van der Waals surface area contributed by atoms with E-state index in [4.69, 9.17) is 0 Å². The lowest BCUT2D eigenvalue weighted by molar-refractivity contribution is 0.0576.